The molecule has 172 valence electrons. The Bertz CT molecular complexity index is 1320. The highest BCUT2D eigenvalue weighted by Crippen LogP contribution is 2.34. The van der Waals surface area contributed by atoms with Crippen LogP contribution in [0.1, 0.15) is 44.5 Å². The normalized spacial score (nSPS) is 11.8. The molecule has 0 fully saturated rings. The summed E-state index contributed by atoms with van der Waals surface area (Å²) in [7, 11) is 1.95. The minimum atomic E-state index is -0.317. The molecule has 2 aromatic carbocycles. The number of aromatic nitrogens is 2. The van der Waals surface area contributed by atoms with Gasteiger partial charge in [0, 0.05) is 29.8 Å². The van der Waals surface area contributed by atoms with Gasteiger partial charge in [-0.25, -0.2) is 14.4 Å². The van der Waals surface area contributed by atoms with E-state index < -0.39 is 0 Å². The van der Waals surface area contributed by atoms with Crippen molar-refractivity contribution in [3.8, 4) is 11.5 Å². The fourth-order valence-electron chi connectivity index (χ4n) is 3.43. The van der Waals surface area contributed by atoms with E-state index in [0.717, 1.165) is 12.2 Å². The van der Waals surface area contributed by atoms with Crippen molar-refractivity contribution in [2.24, 2.45) is 5.92 Å². The largest absolute Gasteiger partial charge is 0.454 e. The Kier molecular flexibility index (Phi) is 6.70. The predicted octanol–water partition coefficient (Wildman–Crippen LogP) is 6.95. The topological polar surface area (TPSA) is 59.2 Å². The number of anilines is 1. The molecule has 5 nitrogen and oxygen atoms in total. The van der Waals surface area contributed by atoms with Gasteiger partial charge in [0.25, 0.3) is 0 Å². The van der Waals surface area contributed by atoms with Crippen molar-refractivity contribution in [2.45, 2.75) is 40.2 Å². The van der Waals surface area contributed by atoms with Gasteiger partial charge in [0.2, 0.25) is 5.12 Å². The maximum Gasteiger partial charge on any atom is 0.219 e. The third-order valence-electron chi connectivity index (χ3n) is 5.63. The summed E-state index contributed by atoms with van der Waals surface area (Å²) in [6.45, 7) is 8.43. The van der Waals surface area contributed by atoms with Gasteiger partial charge >= 0.3 is 0 Å². The van der Waals surface area contributed by atoms with Crippen LogP contribution in [0.15, 0.2) is 46.9 Å². The van der Waals surface area contributed by atoms with Crippen LogP contribution in [0, 0.1) is 11.7 Å². The van der Waals surface area contributed by atoms with Gasteiger partial charge in [-0.1, -0.05) is 25.6 Å². The zero-order valence-corrected chi connectivity index (χ0v) is 20.4. The van der Waals surface area contributed by atoms with Crippen molar-refractivity contribution in [3.05, 3.63) is 53.8 Å². The lowest BCUT2D eigenvalue weighted by molar-refractivity contribution is 0.108. The van der Waals surface area contributed by atoms with Crippen molar-refractivity contribution in [1.29, 1.82) is 0 Å². The summed E-state index contributed by atoms with van der Waals surface area (Å²) in [5, 5.41) is 0.714. The molecule has 0 aliphatic rings. The highest BCUT2D eigenvalue weighted by Gasteiger charge is 2.21. The number of halogens is 1. The minimum Gasteiger partial charge on any atom is -0.454 e. The smallest absolute Gasteiger partial charge is 0.219 e. The summed E-state index contributed by atoms with van der Waals surface area (Å²) in [5.74, 6) is 2.22. The Morgan fingerprint density at radius 1 is 1.06 bits per heavy atom. The van der Waals surface area contributed by atoms with Crippen molar-refractivity contribution in [3.63, 3.8) is 0 Å². The minimum absolute atomic E-state index is 0.0431. The molecule has 33 heavy (non-hydrogen) atoms. The molecule has 0 unspecified atom stereocenters. The lowest BCUT2D eigenvalue weighted by atomic mass is 10.1. The predicted molar refractivity (Wildman–Crippen MR) is 134 cm³/mol. The fourth-order valence-corrected chi connectivity index (χ4v) is 4.50. The lowest BCUT2D eigenvalue weighted by Crippen LogP contribution is -2.27. The molecule has 0 aliphatic carbocycles. The number of rotatable bonds is 7. The Hall–Kier alpha value is -2.93. The van der Waals surface area contributed by atoms with Crippen molar-refractivity contribution < 1.29 is 13.6 Å². The zero-order chi connectivity index (χ0) is 23.7. The number of carbonyl (C=O) groups is 1. The molecule has 0 N–H and O–H groups in total. The quantitative estimate of drug-likeness (QED) is 0.294. The third-order valence-corrected chi connectivity index (χ3v) is 6.57. The molecule has 2 heterocycles. The van der Waals surface area contributed by atoms with Crippen LogP contribution < -0.4 is 4.90 Å². The molecule has 0 aliphatic heterocycles. The van der Waals surface area contributed by atoms with E-state index in [9.17, 15) is 9.18 Å². The van der Waals surface area contributed by atoms with Crippen LogP contribution in [-0.2, 0) is 0 Å². The summed E-state index contributed by atoms with van der Waals surface area (Å²) < 4.78 is 19.7. The summed E-state index contributed by atoms with van der Waals surface area (Å²) in [6, 6.07) is 11.8. The number of hydrogen-bond acceptors (Lipinski definition) is 6. The molecule has 0 radical (unpaired) electrons. The maximum absolute atomic E-state index is 13.7. The van der Waals surface area contributed by atoms with Crippen LogP contribution in [0.4, 0.5) is 10.2 Å². The monoisotopic (exact) mass is 465 g/mol. The number of hydrogen-bond donors (Lipinski definition) is 0. The number of carbonyl (C=O) groups excluding carboxylic acids is 1. The first-order valence-electron chi connectivity index (χ1n) is 11.1. The van der Waals surface area contributed by atoms with E-state index in [2.05, 4.69) is 27.7 Å². The fraction of sp³-hybridized carbons (Fsp3) is 0.346. The van der Waals surface area contributed by atoms with Gasteiger partial charge < -0.3 is 9.32 Å². The zero-order valence-electron chi connectivity index (χ0n) is 19.6. The number of furan rings is 1. The van der Waals surface area contributed by atoms with Gasteiger partial charge in [-0.05, 0) is 68.7 Å². The van der Waals surface area contributed by atoms with Crippen molar-refractivity contribution in [2.75, 3.05) is 17.7 Å². The first kappa shape index (κ1) is 23.2. The van der Waals surface area contributed by atoms with Crippen molar-refractivity contribution >= 4 is 44.7 Å². The Morgan fingerprint density at radius 2 is 1.85 bits per heavy atom. The van der Waals surface area contributed by atoms with Gasteiger partial charge in [-0.15, -0.1) is 0 Å². The average molecular weight is 466 g/mol. The van der Waals surface area contributed by atoms with E-state index in [1.807, 2.05) is 24.1 Å². The second-order valence-electron chi connectivity index (χ2n) is 8.92. The highest BCUT2D eigenvalue weighted by atomic mass is 32.2. The van der Waals surface area contributed by atoms with Gasteiger partial charge in [-0.2, -0.15) is 0 Å². The van der Waals surface area contributed by atoms with Crippen LogP contribution in [0.2, 0.25) is 0 Å². The summed E-state index contributed by atoms with van der Waals surface area (Å²) in [5.41, 5.74) is 3.11. The first-order valence-corrected chi connectivity index (χ1v) is 12.1. The molecule has 4 aromatic rings. The number of fused-ring (bicyclic) bond motifs is 2. The summed E-state index contributed by atoms with van der Waals surface area (Å²) in [4.78, 5) is 24.4. The molecule has 0 amide bonds. The Labute approximate surface area is 197 Å². The van der Waals surface area contributed by atoms with E-state index in [1.54, 1.807) is 18.2 Å². The molecule has 0 saturated carbocycles. The highest BCUT2D eigenvalue weighted by molar-refractivity contribution is 8.14. The average Bonchev–Trinajstić information content (AvgIpc) is 3.19. The van der Waals surface area contributed by atoms with E-state index in [1.165, 1.54) is 23.9 Å². The summed E-state index contributed by atoms with van der Waals surface area (Å²) >= 11 is 1.34. The lowest BCUT2D eigenvalue weighted by Gasteiger charge is -2.24. The van der Waals surface area contributed by atoms with Gasteiger partial charge in [0.1, 0.15) is 17.1 Å². The summed E-state index contributed by atoms with van der Waals surface area (Å²) in [6.07, 6.45) is 0.998. The number of thioether (sulfide) groups is 1. The maximum atomic E-state index is 13.7. The van der Waals surface area contributed by atoms with E-state index in [-0.39, 0.29) is 17.0 Å². The molecule has 2 aromatic heterocycles. The van der Waals surface area contributed by atoms with Crippen molar-refractivity contribution in [1.82, 2.24) is 9.97 Å². The molecule has 0 saturated heterocycles. The molecule has 0 bridgehead atoms. The SMILES string of the molecule is CC(C)CCSC(=O)c1ccc2nc(-c3cc4cc(F)ccc4o3)c(N(C)C(C)C)nc2c1. The molecular formula is C26H28FN3O2S. The van der Waals surface area contributed by atoms with Crippen LogP contribution in [0.3, 0.4) is 0 Å². The third kappa shape index (κ3) is 5.03. The first-order chi connectivity index (χ1) is 15.7. The molecular weight excluding hydrogens is 437 g/mol. The second-order valence-corrected chi connectivity index (χ2v) is 9.98. The van der Waals surface area contributed by atoms with Crippen LogP contribution >= 0.6 is 11.8 Å². The van der Waals surface area contributed by atoms with Crippen LogP contribution in [-0.4, -0.2) is 33.9 Å². The van der Waals surface area contributed by atoms with E-state index >= 15 is 0 Å². The number of nitrogens with zero attached hydrogens (tertiary/aromatic N) is 3. The van der Waals surface area contributed by atoms with Crippen LogP contribution in [0.5, 0.6) is 0 Å². The standard InChI is InChI=1S/C26H28FN3O2S/c1-15(2)10-11-33-26(31)17-6-8-20-21(13-17)29-25(30(5)16(3)4)24(28-20)23-14-18-12-19(27)7-9-22(18)32-23/h6-9,12-16H,10-11H2,1-5H3. The van der Waals surface area contributed by atoms with Gasteiger partial charge in [0.15, 0.2) is 11.6 Å². The van der Waals surface area contributed by atoms with Gasteiger partial charge in [0.05, 0.1) is 11.0 Å². The van der Waals surface area contributed by atoms with E-state index in [4.69, 9.17) is 14.4 Å². The second kappa shape index (κ2) is 9.51. The molecule has 0 atom stereocenters. The number of benzene rings is 2. The van der Waals surface area contributed by atoms with Gasteiger partial charge in [-0.3, -0.25) is 4.79 Å². The molecule has 0 spiro atoms. The molecule has 4 rings (SSSR count). The Balaban J connectivity index is 1.77. The Morgan fingerprint density at radius 3 is 2.58 bits per heavy atom. The van der Waals surface area contributed by atoms with Crippen LogP contribution in [0.25, 0.3) is 33.5 Å². The van der Waals surface area contributed by atoms with E-state index in [0.29, 0.717) is 50.8 Å². The molecule has 7 heteroatoms.